The lowest BCUT2D eigenvalue weighted by Gasteiger charge is -2.45. The van der Waals surface area contributed by atoms with Crippen LogP contribution in [-0.2, 0) is 23.9 Å². The van der Waals surface area contributed by atoms with E-state index in [1.54, 1.807) is 0 Å². The van der Waals surface area contributed by atoms with Crippen molar-refractivity contribution in [2.24, 2.45) is 11.8 Å². The third-order valence-corrected chi connectivity index (χ3v) is 8.83. The van der Waals surface area contributed by atoms with Gasteiger partial charge in [-0.05, 0) is 66.1 Å². The van der Waals surface area contributed by atoms with Crippen molar-refractivity contribution in [1.82, 2.24) is 4.90 Å². The molecule has 41 heavy (non-hydrogen) atoms. The minimum absolute atomic E-state index is 0.0757. The average Bonchev–Trinajstić information content (AvgIpc) is 3.23. The second-order valence-electron chi connectivity index (χ2n) is 11.4. The summed E-state index contributed by atoms with van der Waals surface area (Å²) < 4.78 is 5.15. The van der Waals surface area contributed by atoms with Crippen LogP contribution >= 0.6 is 0 Å². The molecule has 0 aromatic heterocycles. The molecule has 3 aliphatic carbocycles. The van der Waals surface area contributed by atoms with Crippen LogP contribution in [0.15, 0.2) is 66.7 Å². The molecular formula is C34H34N2O5. The molecule has 0 saturated carbocycles. The molecule has 1 saturated heterocycles. The van der Waals surface area contributed by atoms with Crippen LogP contribution in [0.1, 0.15) is 70.9 Å². The first-order chi connectivity index (χ1) is 19.8. The Kier molecular flexibility index (Phi) is 7.20. The van der Waals surface area contributed by atoms with Gasteiger partial charge in [-0.1, -0.05) is 67.1 Å². The minimum Gasteiger partial charge on any atom is -0.456 e. The van der Waals surface area contributed by atoms with Crippen molar-refractivity contribution in [1.29, 1.82) is 0 Å². The first-order valence-electron chi connectivity index (χ1n) is 14.4. The van der Waals surface area contributed by atoms with Gasteiger partial charge in [-0.15, -0.1) is 0 Å². The number of likely N-dealkylation sites (tertiary alicyclic amines) is 1. The van der Waals surface area contributed by atoms with E-state index >= 15 is 0 Å². The van der Waals surface area contributed by atoms with Gasteiger partial charge in [-0.2, -0.15) is 0 Å². The van der Waals surface area contributed by atoms with E-state index in [9.17, 15) is 19.2 Å². The molecule has 2 atom stereocenters. The Morgan fingerprint density at radius 2 is 1.34 bits per heavy atom. The second-order valence-corrected chi connectivity index (χ2v) is 11.4. The van der Waals surface area contributed by atoms with Crippen LogP contribution in [0.3, 0.4) is 0 Å². The van der Waals surface area contributed by atoms with Crippen LogP contribution in [-0.4, -0.2) is 41.7 Å². The highest BCUT2D eigenvalue weighted by molar-refractivity contribution is 6.07. The number of nitrogens with zero attached hydrogens (tertiary/aromatic N) is 1. The Morgan fingerprint density at radius 3 is 1.90 bits per heavy atom. The summed E-state index contributed by atoms with van der Waals surface area (Å²) in [5, 5.41) is 2.78. The number of rotatable bonds is 9. The summed E-state index contributed by atoms with van der Waals surface area (Å²) in [5.41, 5.74) is 7.34. The predicted molar refractivity (Wildman–Crippen MR) is 154 cm³/mol. The van der Waals surface area contributed by atoms with E-state index in [1.807, 2.05) is 56.3 Å². The molecule has 3 amide bonds. The minimum atomic E-state index is -0.437. The summed E-state index contributed by atoms with van der Waals surface area (Å²) in [6, 6.07) is 22.2. The summed E-state index contributed by atoms with van der Waals surface area (Å²) in [5.74, 6) is -1.88. The van der Waals surface area contributed by atoms with Crippen molar-refractivity contribution >= 4 is 29.4 Å². The zero-order valence-electron chi connectivity index (χ0n) is 23.4. The van der Waals surface area contributed by atoms with Gasteiger partial charge in [0.25, 0.3) is 5.91 Å². The Balaban J connectivity index is 0.999. The number of esters is 1. The topological polar surface area (TPSA) is 92.8 Å². The summed E-state index contributed by atoms with van der Waals surface area (Å²) in [6.07, 6.45) is 2.03. The molecule has 2 bridgehead atoms. The number of hydrogen-bond donors (Lipinski definition) is 1. The zero-order valence-corrected chi connectivity index (χ0v) is 23.4. The lowest BCUT2D eigenvalue weighted by Crippen LogP contribution is -2.41. The van der Waals surface area contributed by atoms with Crippen molar-refractivity contribution in [2.75, 3.05) is 18.5 Å². The Labute approximate surface area is 239 Å². The van der Waals surface area contributed by atoms with Crippen LogP contribution in [0.5, 0.6) is 0 Å². The van der Waals surface area contributed by atoms with Crippen LogP contribution in [0.2, 0.25) is 0 Å². The summed E-state index contributed by atoms with van der Waals surface area (Å²) in [6.45, 7) is 3.86. The first kappa shape index (κ1) is 26.9. The second kappa shape index (κ2) is 11.0. The van der Waals surface area contributed by atoms with E-state index in [1.165, 1.54) is 27.2 Å². The normalized spacial score (nSPS) is 21.8. The van der Waals surface area contributed by atoms with Crippen molar-refractivity contribution < 1.29 is 23.9 Å². The number of aryl methyl sites for hydroxylation is 2. The maximum Gasteiger partial charge on any atom is 0.306 e. The standard InChI is InChI=1S/C34H34N2O5/c1-20-15-16-21(2)26(18-20)35-27(37)19-41-28(38)14-4-3-9-17-36-33(39)31-29-22-10-5-6-11-23(22)30(32(31)34(36)40)25-13-8-7-12-24(25)29/h5-8,10-13,15-16,18,29-32H,3-4,9,14,17,19H2,1-2H3,(H,35,37)/t29?,30?,31-,32-/m0/s1. The molecule has 1 fully saturated rings. The van der Waals surface area contributed by atoms with Gasteiger partial charge in [0.1, 0.15) is 0 Å². The van der Waals surface area contributed by atoms with Gasteiger partial charge in [-0.3, -0.25) is 24.1 Å². The number of benzene rings is 3. The van der Waals surface area contributed by atoms with Crippen molar-refractivity contribution in [3.05, 3.63) is 100 Å². The van der Waals surface area contributed by atoms with Gasteiger partial charge in [0.2, 0.25) is 11.8 Å². The summed E-state index contributed by atoms with van der Waals surface area (Å²) in [4.78, 5) is 53.1. The third-order valence-electron chi connectivity index (χ3n) is 8.83. The SMILES string of the molecule is Cc1ccc(C)c(NC(=O)COC(=O)CCCCCN2C(=O)[C@H]3C4c5ccccc5C(c5ccccc54)[C@@H]3C2=O)c1. The molecule has 0 radical (unpaired) electrons. The van der Waals surface area contributed by atoms with Gasteiger partial charge in [0.15, 0.2) is 6.61 Å². The molecule has 7 heteroatoms. The number of carbonyl (C=O) groups excluding carboxylic acids is 4. The number of amides is 3. The number of unbranched alkanes of at least 4 members (excludes halogenated alkanes) is 2. The highest BCUT2D eigenvalue weighted by Crippen LogP contribution is 2.60. The predicted octanol–water partition coefficient (Wildman–Crippen LogP) is 5.24. The number of ether oxygens (including phenoxy) is 1. The monoisotopic (exact) mass is 550 g/mol. The molecular weight excluding hydrogens is 516 g/mol. The zero-order chi connectivity index (χ0) is 28.7. The van der Waals surface area contributed by atoms with E-state index in [0.717, 1.165) is 11.1 Å². The van der Waals surface area contributed by atoms with Crippen LogP contribution in [0.4, 0.5) is 5.69 Å². The van der Waals surface area contributed by atoms with Crippen LogP contribution in [0.25, 0.3) is 0 Å². The van der Waals surface area contributed by atoms with Crippen molar-refractivity contribution in [3.8, 4) is 0 Å². The summed E-state index contributed by atoms with van der Waals surface area (Å²) in [7, 11) is 0. The fraction of sp³-hybridized carbons (Fsp3) is 0.353. The lowest BCUT2D eigenvalue weighted by molar-refractivity contribution is -0.147. The van der Waals surface area contributed by atoms with E-state index in [2.05, 4.69) is 29.6 Å². The van der Waals surface area contributed by atoms with Crippen LogP contribution in [0, 0.1) is 25.7 Å². The van der Waals surface area contributed by atoms with E-state index in [-0.39, 0.29) is 54.4 Å². The molecule has 1 heterocycles. The lowest BCUT2D eigenvalue weighted by atomic mass is 9.55. The van der Waals surface area contributed by atoms with Crippen molar-refractivity contribution in [2.45, 2.75) is 51.4 Å². The van der Waals surface area contributed by atoms with Gasteiger partial charge in [-0.25, -0.2) is 0 Å². The molecule has 1 aliphatic heterocycles. The van der Waals surface area contributed by atoms with Crippen molar-refractivity contribution in [3.63, 3.8) is 0 Å². The maximum absolute atomic E-state index is 13.6. The van der Waals surface area contributed by atoms with Gasteiger partial charge in [0.05, 0.1) is 11.8 Å². The number of anilines is 1. The van der Waals surface area contributed by atoms with E-state index < -0.39 is 5.97 Å². The maximum atomic E-state index is 13.6. The molecule has 7 nitrogen and oxygen atoms in total. The average molecular weight is 551 g/mol. The van der Waals surface area contributed by atoms with E-state index in [0.29, 0.717) is 31.5 Å². The molecule has 4 aliphatic rings. The molecule has 1 N–H and O–H groups in total. The number of carbonyl (C=O) groups is 4. The molecule has 0 spiro atoms. The van der Waals surface area contributed by atoms with Crippen LogP contribution < -0.4 is 5.32 Å². The molecule has 0 unspecified atom stereocenters. The highest BCUT2D eigenvalue weighted by atomic mass is 16.5. The number of nitrogens with one attached hydrogen (secondary N) is 1. The fourth-order valence-corrected chi connectivity index (χ4v) is 6.95. The van der Waals surface area contributed by atoms with Gasteiger partial charge >= 0.3 is 5.97 Å². The Hall–Kier alpha value is -4.26. The van der Waals surface area contributed by atoms with Gasteiger partial charge < -0.3 is 10.1 Å². The number of hydrogen-bond acceptors (Lipinski definition) is 5. The smallest absolute Gasteiger partial charge is 0.306 e. The quantitative estimate of drug-likeness (QED) is 0.224. The summed E-state index contributed by atoms with van der Waals surface area (Å²) >= 11 is 0. The third kappa shape index (κ3) is 4.83. The van der Waals surface area contributed by atoms with Gasteiger partial charge in [0, 0.05) is 30.5 Å². The molecule has 3 aromatic carbocycles. The Morgan fingerprint density at radius 1 is 0.780 bits per heavy atom. The molecule has 7 rings (SSSR count). The largest absolute Gasteiger partial charge is 0.456 e. The fourth-order valence-electron chi connectivity index (χ4n) is 6.95. The molecule has 3 aromatic rings. The van der Waals surface area contributed by atoms with E-state index in [4.69, 9.17) is 4.74 Å². The Bertz CT molecular complexity index is 1430. The highest BCUT2D eigenvalue weighted by Gasteiger charge is 2.61. The number of imide groups is 1. The first-order valence-corrected chi connectivity index (χ1v) is 14.4. The molecule has 210 valence electrons.